The summed E-state index contributed by atoms with van der Waals surface area (Å²) in [5.74, 6) is 0.795. The van der Waals surface area contributed by atoms with Gasteiger partial charge in [-0.25, -0.2) is 9.97 Å². The zero-order chi connectivity index (χ0) is 13.1. The van der Waals surface area contributed by atoms with Crippen LogP contribution in [0.5, 0.6) is 0 Å². The molecule has 1 heterocycles. The zero-order valence-corrected chi connectivity index (χ0v) is 12.1. The molecule has 0 N–H and O–H groups in total. The molecule has 0 spiro atoms. The van der Waals surface area contributed by atoms with Gasteiger partial charge in [0.05, 0.1) is 0 Å². The Balaban J connectivity index is 2.35. The van der Waals surface area contributed by atoms with Gasteiger partial charge in [-0.1, -0.05) is 41.1 Å². The van der Waals surface area contributed by atoms with Crippen LogP contribution in [0.1, 0.15) is 5.56 Å². The van der Waals surface area contributed by atoms with Crippen molar-refractivity contribution in [3.63, 3.8) is 0 Å². The van der Waals surface area contributed by atoms with E-state index in [0.717, 1.165) is 11.5 Å². The first-order valence-electron chi connectivity index (χ1n) is 5.49. The van der Waals surface area contributed by atoms with E-state index in [1.807, 2.05) is 18.2 Å². The third-order valence-corrected chi connectivity index (χ3v) is 3.35. The minimum atomic E-state index is 0.461. The second-order valence-corrected chi connectivity index (χ2v) is 5.09. The Kier molecular flexibility index (Phi) is 4.09. The molecule has 0 fully saturated rings. The Labute approximate surface area is 116 Å². The number of benzene rings is 1. The Hall–Kier alpha value is -1.26. The summed E-state index contributed by atoms with van der Waals surface area (Å²) in [6.45, 7) is 2.07. The SMILES string of the molecule is CSc1nc(Cl)cc(N(C)c2ccc(C)cc2)n1. The monoisotopic (exact) mass is 279 g/mol. The molecule has 18 heavy (non-hydrogen) atoms. The Morgan fingerprint density at radius 2 is 1.83 bits per heavy atom. The van der Waals surface area contributed by atoms with Crippen molar-refractivity contribution in [2.45, 2.75) is 12.1 Å². The molecule has 94 valence electrons. The third kappa shape index (κ3) is 2.94. The lowest BCUT2D eigenvalue weighted by molar-refractivity contribution is 0.946. The van der Waals surface area contributed by atoms with Gasteiger partial charge in [-0.05, 0) is 25.3 Å². The molecule has 3 nitrogen and oxygen atoms in total. The van der Waals surface area contributed by atoms with Crippen molar-refractivity contribution in [3.8, 4) is 0 Å². The van der Waals surface area contributed by atoms with Crippen molar-refractivity contribution in [3.05, 3.63) is 41.0 Å². The number of nitrogens with zero attached hydrogens (tertiary/aromatic N) is 3. The van der Waals surface area contributed by atoms with E-state index in [9.17, 15) is 0 Å². The maximum atomic E-state index is 5.99. The smallest absolute Gasteiger partial charge is 0.190 e. The van der Waals surface area contributed by atoms with Gasteiger partial charge in [0, 0.05) is 18.8 Å². The quantitative estimate of drug-likeness (QED) is 0.484. The number of rotatable bonds is 3. The van der Waals surface area contributed by atoms with Gasteiger partial charge in [0.15, 0.2) is 5.16 Å². The lowest BCUT2D eigenvalue weighted by Gasteiger charge is -2.19. The van der Waals surface area contributed by atoms with Crippen LogP contribution in [0.4, 0.5) is 11.5 Å². The van der Waals surface area contributed by atoms with Crippen LogP contribution in [0.15, 0.2) is 35.5 Å². The van der Waals surface area contributed by atoms with Crippen molar-refractivity contribution in [2.75, 3.05) is 18.2 Å². The van der Waals surface area contributed by atoms with Crippen LogP contribution in [0.25, 0.3) is 0 Å². The van der Waals surface area contributed by atoms with E-state index in [0.29, 0.717) is 10.3 Å². The van der Waals surface area contributed by atoms with Crippen LogP contribution in [-0.2, 0) is 0 Å². The van der Waals surface area contributed by atoms with Crippen molar-refractivity contribution in [1.82, 2.24) is 9.97 Å². The summed E-state index contributed by atoms with van der Waals surface area (Å²) in [4.78, 5) is 10.6. The fourth-order valence-corrected chi connectivity index (χ4v) is 2.15. The molecule has 0 aliphatic rings. The zero-order valence-electron chi connectivity index (χ0n) is 10.5. The molecule has 0 amide bonds. The number of halogens is 1. The van der Waals surface area contributed by atoms with Crippen LogP contribution < -0.4 is 4.90 Å². The highest BCUT2D eigenvalue weighted by atomic mass is 35.5. The van der Waals surface area contributed by atoms with E-state index >= 15 is 0 Å². The molecule has 0 atom stereocenters. The van der Waals surface area contributed by atoms with Crippen LogP contribution in [0.2, 0.25) is 5.15 Å². The maximum Gasteiger partial charge on any atom is 0.190 e. The molecule has 0 aliphatic carbocycles. The van der Waals surface area contributed by atoms with Crippen molar-refractivity contribution in [1.29, 1.82) is 0 Å². The molecule has 0 radical (unpaired) electrons. The highest BCUT2D eigenvalue weighted by Gasteiger charge is 2.08. The molecule has 1 aromatic heterocycles. The molecular formula is C13H14ClN3S. The van der Waals surface area contributed by atoms with Gasteiger partial charge < -0.3 is 4.90 Å². The van der Waals surface area contributed by atoms with Gasteiger partial charge in [0.1, 0.15) is 11.0 Å². The molecule has 2 rings (SSSR count). The molecular weight excluding hydrogens is 266 g/mol. The number of aryl methyl sites for hydroxylation is 1. The van der Waals surface area contributed by atoms with Gasteiger partial charge in [-0.2, -0.15) is 0 Å². The lowest BCUT2D eigenvalue weighted by atomic mass is 10.2. The van der Waals surface area contributed by atoms with Gasteiger partial charge in [0.25, 0.3) is 0 Å². The van der Waals surface area contributed by atoms with Crippen LogP contribution in [0, 0.1) is 6.92 Å². The van der Waals surface area contributed by atoms with Crippen LogP contribution in [-0.4, -0.2) is 23.3 Å². The largest absolute Gasteiger partial charge is 0.329 e. The topological polar surface area (TPSA) is 29.0 Å². The first-order valence-corrected chi connectivity index (χ1v) is 7.09. The third-order valence-electron chi connectivity index (χ3n) is 2.61. The summed E-state index contributed by atoms with van der Waals surface area (Å²) in [6.07, 6.45) is 1.93. The fraction of sp³-hybridized carbons (Fsp3) is 0.231. The van der Waals surface area contributed by atoms with Gasteiger partial charge in [-0.3, -0.25) is 0 Å². The molecule has 0 aliphatic heterocycles. The van der Waals surface area contributed by atoms with E-state index in [-0.39, 0.29) is 0 Å². The van der Waals surface area contributed by atoms with Crippen molar-refractivity contribution < 1.29 is 0 Å². The van der Waals surface area contributed by atoms with Crippen molar-refractivity contribution in [2.24, 2.45) is 0 Å². The Morgan fingerprint density at radius 1 is 1.17 bits per heavy atom. The Bertz CT molecular complexity index is 542. The molecule has 2 aromatic rings. The highest BCUT2D eigenvalue weighted by molar-refractivity contribution is 7.98. The molecule has 0 bridgehead atoms. The van der Waals surface area contributed by atoms with E-state index in [4.69, 9.17) is 11.6 Å². The average Bonchev–Trinajstić information content (AvgIpc) is 2.38. The number of hydrogen-bond acceptors (Lipinski definition) is 4. The summed E-state index contributed by atoms with van der Waals surface area (Å²) in [6, 6.07) is 10.0. The van der Waals surface area contributed by atoms with E-state index in [1.54, 1.807) is 6.07 Å². The summed E-state index contributed by atoms with van der Waals surface area (Å²) in [5, 5.41) is 1.14. The number of aromatic nitrogens is 2. The van der Waals surface area contributed by atoms with Gasteiger partial charge >= 0.3 is 0 Å². The van der Waals surface area contributed by atoms with Crippen molar-refractivity contribution >= 4 is 34.9 Å². The lowest BCUT2D eigenvalue weighted by Crippen LogP contribution is -2.11. The van der Waals surface area contributed by atoms with E-state index < -0.39 is 0 Å². The first kappa shape index (κ1) is 13.2. The molecule has 1 aromatic carbocycles. The van der Waals surface area contributed by atoms with Crippen LogP contribution >= 0.6 is 23.4 Å². The fourth-order valence-electron chi connectivity index (χ4n) is 1.55. The molecule has 0 unspecified atom stereocenters. The van der Waals surface area contributed by atoms with Gasteiger partial charge in [-0.15, -0.1) is 0 Å². The Morgan fingerprint density at radius 3 is 2.44 bits per heavy atom. The van der Waals surface area contributed by atoms with Gasteiger partial charge in [0.2, 0.25) is 0 Å². The van der Waals surface area contributed by atoms with E-state index in [1.165, 1.54) is 17.3 Å². The molecule has 5 heteroatoms. The van der Waals surface area contributed by atoms with E-state index in [2.05, 4.69) is 41.2 Å². The molecule has 0 saturated carbocycles. The van der Waals surface area contributed by atoms with Crippen LogP contribution in [0.3, 0.4) is 0 Å². The highest BCUT2D eigenvalue weighted by Crippen LogP contribution is 2.25. The second kappa shape index (κ2) is 5.59. The number of thioether (sulfide) groups is 1. The predicted molar refractivity (Wildman–Crippen MR) is 78.1 cm³/mol. The first-order chi connectivity index (χ1) is 8.60. The minimum Gasteiger partial charge on any atom is -0.329 e. The number of anilines is 2. The molecule has 0 saturated heterocycles. The predicted octanol–water partition coefficient (Wildman–Crippen LogP) is 3.93. The maximum absolute atomic E-state index is 5.99. The second-order valence-electron chi connectivity index (χ2n) is 3.93. The summed E-state index contributed by atoms with van der Waals surface area (Å²) in [7, 11) is 1.97. The summed E-state index contributed by atoms with van der Waals surface area (Å²) in [5.41, 5.74) is 2.31. The summed E-state index contributed by atoms with van der Waals surface area (Å²) < 4.78 is 0. The number of hydrogen-bond donors (Lipinski definition) is 0. The summed E-state index contributed by atoms with van der Waals surface area (Å²) >= 11 is 7.47. The standard InChI is InChI=1S/C13H14ClN3S/c1-9-4-6-10(7-5-9)17(2)12-8-11(14)15-13(16-12)18-3/h4-8H,1-3H3. The average molecular weight is 280 g/mol. The minimum absolute atomic E-state index is 0.461. The normalized spacial score (nSPS) is 10.4.